The Balaban J connectivity index is 2.87. The molecule has 0 aliphatic rings. The smallest absolute Gasteiger partial charge is 0.216 e. The summed E-state index contributed by atoms with van der Waals surface area (Å²) in [5.74, 6) is 0.664. The second kappa shape index (κ2) is 5.32. The SMILES string of the molecule is CCC(N)Cc1cc(Br)cnc1OC. The van der Waals surface area contributed by atoms with Crippen molar-refractivity contribution < 1.29 is 4.74 Å². The van der Waals surface area contributed by atoms with Gasteiger partial charge >= 0.3 is 0 Å². The van der Waals surface area contributed by atoms with Crippen LogP contribution in [0.2, 0.25) is 0 Å². The van der Waals surface area contributed by atoms with Crippen LogP contribution in [0, 0.1) is 0 Å². The molecule has 0 saturated heterocycles. The Morgan fingerprint density at radius 1 is 1.64 bits per heavy atom. The van der Waals surface area contributed by atoms with Crippen molar-refractivity contribution >= 4 is 15.9 Å². The summed E-state index contributed by atoms with van der Waals surface area (Å²) in [4.78, 5) is 4.16. The predicted octanol–water partition coefficient (Wildman–Crippen LogP) is 2.13. The molecule has 0 radical (unpaired) electrons. The highest BCUT2D eigenvalue weighted by molar-refractivity contribution is 9.10. The Morgan fingerprint density at radius 3 is 2.93 bits per heavy atom. The standard InChI is InChI=1S/C10H15BrN2O/c1-3-9(12)5-7-4-8(11)6-13-10(7)14-2/h4,6,9H,3,5,12H2,1-2H3. The van der Waals surface area contributed by atoms with Crippen molar-refractivity contribution in [3.05, 3.63) is 22.3 Å². The third-order valence-corrected chi connectivity index (χ3v) is 2.53. The summed E-state index contributed by atoms with van der Waals surface area (Å²) in [7, 11) is 1.62. The molecule has 1 atom stereocenters. The van der Waals surface area contributed by atoms with Crippen LogP contribution in [0.5, 0.6) is 5.88 Å². The number of nitrogens with two attached hydrogens (primary N) is 1. The largest absolute Gasteiger partial charge is 0.481 e. The van der Waals surface area contributed by atoms with Crippen LogP contribution in [-0.4, -0.2) is 18.1 Å². The first-order chi connectivity index (χ1) is 6.67. The van der Waals surface area contributed by atoms with Crippen molar-refractivity contribution in [2.24, 2.45) is 5.73 Å². The second-order valence-electron chi connectivity index (χ2n) is 3.19. The highest BCUT2D eigenvalue weighted by Crippen LogP contribution is 2.21. The molecule has 1 unspecified atom stereocenters. The number of pyridine rings is 1. The van der Waals surface area contributed by atoms with Crippen molar-refractivity contribution in [3.8, 4) is 5.88 Å². The van der Waals surface area contributed by atoms with Crippen LogP contribution in [0.3, 0.4) is 0 Å². The quantitative estimate of drug-likeness (QED) is 0.901. The van der Waals surface area contributed by atoms with E-state index < -0.39 is 0 Å². The maximum absolute atomic E-state index is 5.88. The Bertz CT molecular complexity index is 304. The second-order valence-corrected chi connectivity index (χ2v) is 4.11. The van der Waals surface area contributed by atoms with Crippen LogP contribution in [0.15, 0.2) is 16.7 Å². The van der Waals surface area contributed by atoms with Crippen LogP contribution >= 0.6 is 15.9 Å². The molecule has 1 aromatic heterocycles. The van der Waals surface area contributed by atoms with Gasteiger partial charge in [-0.2, -0.15) is 0 Å². The molecule has 0 aliphatic carbocycles. The number of methoxy groups -OCH3 is 1. The van der Waals surface area contributed by atoms with E-state index in [1.165, 1.54) is 0 Å². The number of rotatable bonds is 4. The summed E-state index contributed by atoms with van der Waals surface area (Å²) < 4.78 is 6.11. The van der Waals surface area contributed by atoms with Gasteiger partial charge in [-0.3, -0.25) is 0 Å². The molecule has 1 rings (SSSR count). The molecular weight excluding hydrogens is 244 g/mol. The van der Waals surface area contributed by atoms with Gasteiger partial charge in [-0.05, 0) is 34.8 Å². The molecular formula is C10H15BrN2O. The molecule has 1 aromatic rings. The van der Waals surface area contributed by atoms with Gasteiger partial charge in [0.05, 0.1) is 7.11 Å². The van der Waals surface area contributed by atoms with E-state index in [4.69, 9.17) is 10.5 Å². The molecule has 4 heteroatoms. The number of hydrogen-bond donors (Lipinski definition) is 1. The van der Waals surface area contributed by atoms with E-state index in [-0.39, 0.29) is 6.04 Å². The van der Waals surface area contributed by atoms with Gasteiger partial charge < -0.3 is 10.5 Å². The third kappa shape index (κ3) is 2.96. The Morgan fingerprint density at radius 2 is 2.36 bits per heavy atom. The fraction of sp³-hybridized carbons (Fsp3) is 0.500. The van der Waals surface area contributed by atoms with E-state index in [1.807, 2.05) is 6.07 Å². The zero-order valence-electron chi connectivity index (χ0n) is 8.46. The lowest BCUT2D eigenvalue weighted by Crippen LogP contribution is -2.21. The first-order valence-electron chi connectivity index (χ1n) is 4.61. The lowest BCUT2D eigenvalue weighted by Gasteiger charge is -2.11. The molecule has 78 valence electrons. The van der Waals surface area contributed by atoms with Gasteiger partial charge in [-0.25, -0.2) is 4.98 Å². The Labute approximate surface area is 92.8 Å². The number of hydrogen-bond acceptors (Lipinski definition) is 3. The van der Waals surface area contributed by atoms with Crippen LogP contribution in [0.1, 0.15) is 18.9 Å². The highest BCUT2D eigenvalue weighted by atomic mass is 79.9. The van der Waals surface area contributed by atoms with Crippen LogP contribution in [-0.2, 0) is 6.42 Å². The first-order valence-corrected chi connectivity index (χ1v) is 5.40. The molecule has 0 saturated carbocycles. The van der Waals surface area contributed by atoms with Gasteiger partial charge in [0.1, 0.15) is 0 Å². The molecule has 0 spiro atoms. The number of aromatic nitrogens is 1. The fourth-order valence-corrected chi connectivity index (χ4v) is 1.60. The maximum Gasteiger partial charge on any atom is 0.216 e. The minimum atomic E-state index is 0.167. The van der Waals surface area contributed by atoms with E-state index in [0.29, 0.717) is 5.88 Å². The summed E-state index contributed by atoms with van der Waals surface area (Å²) in [5, 5.41) is 0. The Kier molecular flexibility index (Phi) is 4.35. The van der Waals surface area contributed by atoms with Gasteiger partial charge in [0.25, 0.3) is 0 Å². The monoisotopic (exact) mass is 258 g/mol. The van der Waals surface area contributed by atoms with Crippen LogP contribution < -0.4 is 10.5 Å². The van der Waals surface area contributed by atoms with Gasteiger partial charge in [-0.1, -0.05) is 6.92 Å². The van der Waals surface area contributed by atoms with Gasteiger partial charge in [0.15, 0.2) is 0 Å². The molecule has 0 bridgehead atoms. The molecule has 0 fully saturated rings. The molecule has 3 nitrogen and oxygen atoms in total. The molecule has 0 aromatic carbocycles. The van der Waals surface area contributed by atoms with Gasteiger partial charge in [0, 0.05) is 22.3 Å². The topological polar surface area (TPSA) is 48.1 Å². The van der Waals surface area contributed by atoms with Gasteiger partial charge in [0.2, 0.25) is 5.88 Å². The number of ether oxygens (including phenoxy) is 1. The van der Waals surface area contributed by atoms with E-state index >= 15 is 0 Å². The lowest BCUT2D eigenvalue weighted by atomic mass is 10.1. The molecule has 2 N–H and O–H groups in total. The first kappa shape index (κ1) is 11.5. The number of nitrogens with zero attached hydrogens (tertiary/aromatic N) is 1. The highest BCUT2D eigenvalue weighted by Gasteiger charge is 2.08. The normalized spacial score (nSPS) is 12.6. The van der Waals surface area contributed by atoms with E-state index in [9.17, 15) is 0 Å². The van der Waals surface area contributed by atoms with E-state index in [0.717, 1.165) is 22.9 Å². The van der Waals surface area contributed by atoms with E-state index in [1.54, 1.807) is 13.3 Å². The van der Waals surface area contributed by atoms with Crippen molar-refractivity contribution in [1.29, 1.82) is 0 Å². The van der Waals surface area contributed by atoms with Crippen LogP contribution in [0.25, 0.3) is 0 Å². The zero-order chi connectivity index (χ0) is 10.6. The number of halogens is 1. The van der Waals surface area contributed by atoms with Gasteiger partial charge in [-0.15, -0.1) is 0 Å². The lowest BCUT2D eigenvalue weighted by molar-refractivity contribution is 0.390. The summed E-state index contributed by atoms with van der Waals surface area (Å²) in [6.07, 6.45) is 3.47. The average molecular weight is 259 g/mol. The van der Waals surface area contributed by atoms with Crippen molar-refractivity contribution in [2.75, 3.05) is 7.11 Å². The van der Waals surface area contributed by atoms with Crippen molar-refractivity contribution in [2.45, 2.75) is 25.8 Å². The molecule has 14 heavy (non-hydrogen) atoms. The summed E-state index contributed by atoms with van der Waals surface area (Å²) in [6, 6.07) is 2.17. The Hall–Kier alpha value is -0.610. The third-order valence-electron chi connectivity index (χ3n) is 2.09. The minimum Gasteiger partial charge on any atom is -0.481 e. The summed E-state index contributed by atoms with van der Waals surface area (Å²) >= 11 is 3.38. The molecule has 1 heterocycles. The molecule has 0 aliphatic heterocycles. The summed E-state index contributed by atoms with van der Waals surface area (Å²) in [5.41, 5.74) is 6.93. The van der Waals surface area contributed by atoms with Crippen molar-refractivity contribution in [3.63, 3.8) is 0 Å². The summed E-state index contributed by atoms with van der Waals surface area (Å²) in [6.45, 7) is 2.07. The minimum absolute atomic E-state index is 0.167. The maximum atomic E-state index is 5.88. The van der Waals surface area contributed by atoms with E-state index in [2.05, 4.69) is 27.8 Å². The average Bonchev–Trinajstić information content (AvgIpc) is 2.18. The molecule has 0 amide bonds. The fourth-order valence-electron chi connectivity index (χ4n) is 1.23. The van der Waals surface area contributed by atoms with Crippen molar-refractivity contribution in [1.82, 2.24) is 4.98 Å². The predicted molar refractivity (Wildman–Crippen MR) is 60.5 cm³/mol. The zero-order valence-corrected chi connectivity index (χ0v) is 10.0. The van der Waals surface area contributed by atoms with Crippen LogP contribution in [0.4, 0.5) is 0 Å².